The fourth-order valence-electron chi connectivity index (χ4n) is 0.805. The molecule has 0 saturated carbocycles. The molecule has 12 heavy (non-hydrogen) atoms. The lowest BCUT2D eigenvalue weighted by molar-refractivity contribution is 0.0279. The molecule has 0 saturated heterocycles. The van der Waals surface area contributed by atoms with Crippen LogP contribution in [-0.4, -0.2) is 21.8 Å². The molecule has 0 spiro atoms. The number of carbonyl (C=O) groups is 1. The van der Waals surface area contributed by atoms with Gasteiger partial charge in [0.25, 0.3) is 0 Å². The standard InChI is InChI=1S/C7H7NO4/c9-4-5-2-1-3-6(7(5)10)8(11)12/h1-4,10-12H. The lowest BCUT2D eigenvalue weighted by atomic mass is 10.2. The van der Waals surface area contributed by atoms with Gasteiger partial charge in [0.15, 0.2) is 12.0 Å². The smallest absolute Gasteiger partial charge is 0.154 e. The molecule has 0 atom stereocenters. The van der Waals surface area contributed by atoms with E-state index in [9.17, 15) is 4.79 Å². The fraction of sp³-hybridized carbons (Fsp3) is 0. The van der Waals surface area contributed by atoms with Crippen LogP contribution in [-0.2, 0) is 0 Å². The molecule has 0 fully saturated rings. The molecule has 0 radical (unpaired) electrons. The van der Waals surface area contributed by atoms with E-state index >= 15 is 0 Å². The molecule has 1 aromatic carbocycles. The van der Waals surface area contributed by atoms with E-state index in [1.807, 2.05) is 0 Å². The average Bonchev–Trinajstić information content (AvgIpc) is 2.04. The lowest BCUT2D eigenvalue weighted by Gasteiger charge is -2.09. The van der Waals surface area contributed by atoms with Crippen molar-refractivity contribution >= 4 is 12.0 Å². The SMILES string of the molecule is O=Cc1cccc(N(O)O)c1O. The molecule has 1 aromatic rings. The molecule has 64 valence electrons. The summed E-state index contributed by atoms with van der Waals surface area (Å²) >= 11 is 0. The highest BCUT2D eigenvalue weighted by Crippen LogP contribution is 2.27. The summed E-state index contributed by atoms with van der Waals surface area (Å²) in [7, 11) is 0. The quantitative estimate of drug-likeness (QED) is 0.450. The summed E-state index contributed by atoms with van der Waals surface area (Å²) in [4.78, 5) is 10.3. The van der Waals surface area contributed by atoms with Crippen LogP contribution in [0.4, 0.5) is 5.69 Å². The zero-order valence-corrected chi connectivity index (χ0v) is 6.01. The number of nitrogens with zero attached hydrogens (tertiary/aromatic N) is 1. The van der Waals surface area contributed by atoms with Crippen LogP contribution in [0.2, 0.25) is 0 Å². The molecule has 5 heteroatoms. The van der Waals surface area contributed by atoms with Crippen molar-refractivity contribution in [3.63, 3.8) is 0 Å². The van der Waals surface area contributed by atoms with Gasteiger partial charge in [-0.1, -0.05) is 6.07 Å². The number of para-hydroxylation sites is 1. The van der Waals surface area contributed by atoms with Gasteiger partial charge in [-0.25, -0.2) is 0 Å². The minimum atomic E-state index is -0.461. The van der Waals surface area contributed by atoms with Crippen molar-refractivity contribution in [2.24, 2.45) is 0 Å². The van der Waals surface area contributed by atoms with Gasteiger partial charge in [-0.3, -0.25) is 15.2 Å². The molecule has 0 bridgehead atoms. The molecule has 0 unspecified atom stereocenters. The molecule has 0 aliphatic rings. The highest BCUT2D eigenvalue weighted by atomic mass is 16.8. The first-order valence-corrected chi connectivity index (χ1v) is 3.12. The largest absolute Gasteiger partial charge is 0.505 e. The maximum Gasteiger partial charge on any atom is 0.154 e. The third kappa shape index (κ3) is 1.36. The summed E-state index contributed by atoms with van der Waals surface area (Å²) in [6, 6.07) is 4.02. The molecule has 0 heterocycles. The molecule has 0 amide bonds. The van der Waals surface area contributed by atoms with Gasteiger partial charge in [-0.05, 0) is 12.1 Å². The second kappa shape index (κ2) is 3.21. The molecule has 0 aromatic heterocycles. The second-order valence-electron chi connectivity index (χ2n) is 2.12. The van der Waals surface area contributed by atoms with Crippen LogP contribution in [0.25, 0.3) is 0 Å². The van der Waals surface area contributed by atoms with E-state index in [1.54, 1.807) is 0 Å². The van der Waals surface area contributed by atoms with Crippen LogP contribution in [0, 0.1) is 0 Å². The summed E-state index contributed by atoms with van der Waals surface area (Å²) in [5.41, 5.74) is -0.236. The van der Waals surface area contributed by atoms with Gasteiger partial charge in [0, 0.05) is 0 Å². The predicted octanol–water partition coefficient (Wildman–Crippen LogP) is 0.789. The first-order chi connectivity index (χ1) is 5.66. The van der Waals surface area contributed by atoms with E-state index in [0.29, 0.717) is 6.29 Å². The number of benzene rings is 1. The molecule has 1 rings (SSSR count). The van der Waals surface area contributed by atoms with Crippen molar-refractivity contribution in [2.75, 3.05) is 5.23 Å². The predicted molar refractivity (Wildman–Crippen MR) is 39.5 cm³/mol. The van der Waals surface area contributed by atoms with Crippen LogP contribution < -0.4 is 5.23 Å². The van der Waals surface area contributed by atoms with E-state index in [-0.39, 0.29) is 16.5 Å². The van der Waals surface area contributed by atoms with E-state index in [4.69, 9.17) is 15.5 Å². The van der Waals surface area contributed by atoms with Crippen molar-refractivity contribution in [1.82, 2.24) is 0 Å². The molecule has 5 nitrogen and oxygen atoms in total. The van der Waals surface area contributed by atoms with Crippen molar-refractivity contribution < 1.29 is 20.3 Å². The number of anilines is 1. The zero-order valence-electron chi connectivity index (χ0n) is 6.01. The van der Waals surface area contributed by atoms with Gasteiger partial charge in [-0.15, -0.1) is 5.23 Å². The maximum absolute atomic E-state index is 10.3. The highest BCUT2D eigenvalue weighted by Gasteiger charge is 2.09. The summed E-state index contributed by atoms with van der Waals surface area (Å²) in [6.07, 6.45) is 0.419. The van der Waals surface area contributed by atoms with Crippen LogP contribution in [0.15, 0.2) is 18.2 Å². The fourth-order valence-corrected chi connectivity index (χ4v) is 0.805. The topological polar surface area (TPSA) is 81.0 Å². The molecule has 0 aliphatic carbocycles. The number of phenols is 1. The maximum atomic E-state index is 10.3. The number of hydrogen-bond acceptors (Lipinski definition) is 5. The summed E-state index contributed by atoms with van der Waals surface area (Å²) in [5, 5.41) is 26.0. The van der Waals surface area contributed by atoms with E-state index < -0.39 is 5.75 Å². The number of phenolic OH excluding ortho intramolecular Hbond substituents is 1. The number of carbonyl (C=O) groups excluding carboxylic acids is 1. The third-order valence-electron chi connectivity index (χ3n) is 1.39. The number of aromatic hydroxyl groups is 1. The van der Waals surface area contributed by atoms with Crippen molar-refractivity contribution in [1.29, 1.82) is 0 Å². The van der Waals surface area contributed by atoms with Gasteiger partial charge >= 0.3 is 0 Å². The molecule has 0 aliphatic heterocycles. The van der Waals surface area contributed by atoms with Gasteiger partial charge in [0.05, 0.1) is 5.56 Å². The minimum absolute atomic E-state index is 0.000556. The molecular weight excluding hydrogens is 162 g/mol. The summed E-state index contributed by atoms with van der Waals surface area (Å²) < 4.78 is 0. The van der Waals surface area contributed by atoms with Gasteiger partial charge in [0.2, 0.25) is 0 Å². The average molecular weight is 169 g/mol. The lowest BCUT2D eigenvalue weighted by Crippen LogP contribution is -2.11. The number of rotatable bonds is 2. The molecular formula is C7H7NO4. The third-order valence-corrected chi connectivity index (χ3v) is 1.39. The van der Waals surface area contributed by atoms with Gasteiger partial charge < -0.3 is 5.11 Å². The van der Waals surface area contributed by atoms with Crippen molar-refractivity contribution in [2.45, 2.75) is 0 Å². The van der Waals surface area contributed by atoms with Crippen LogP contribution >= 0.6 is 0 Å². The Labute approximate surface area is 68.0 Å². The Hall–Kier alpha value is -1.59. The van der Waals surface area contributed by atoms with Crippen LogP contribution in [0.1, 0.15) is 10.4 Å². The Bertz CT molecular complexity index is 297. The van der Waals surface area contributed by atoms with E-state index in [0.717, 1.165) is 0 Å². The second-order valence-corrected chi connectivity index (χ2v) is 2.12. The van der Waals surface area contributed by atoms with E-state index in [1.165, 1.54) is 18.2 Å². The monoisotopic (exact) mass is 169 g/mol. The summed E-state index contributed by atoms with van der Waals surface area (Å²) in [6.45, 7) is 0. The van der Waals surface area contributed by atoms with Crippen molar-refractivity contribution in [3.05, 3.63) is 23.8 Å². The normalized spacial score (nSPS) is 9.50. The Morgan fingerprint density at radius 2 is 2.00 bits per heavy atom. The Balaban J connectivity index is 3.22. The molecule has 3 N–H and O–H groups in total. The Morgan fingerprint density at radius 3 is 2.50 bits per heavy atom. The minimum Gasteiger partial charge on any atom is -0.505 e. The van der Waals surface area contributed by atoms with Gasteiger partial charge in [-0.2, -0.15) is 0 Å². The zero-order chi connectivity index (χ0) is 9.14. The van der Waals surface area contributed by atoms with Crippen molar-refractivity contribution in [3.8, 4) is 5.75 Å². The number of hydrogen-bond donors (Lipinski definition) is 3. The van der Waals surface area contributed by atoms with Gasteiger partial charge in [0.1, 0.15) is 5.69 Å². The van der Waals surface area contributed by atoms with Crippen LogP contribution in [0.3, 0.4) is 0 Å². The Kier molecular flexibility index (Phi) is 2.27. The first-order valence-electron chi connectivity index (χ1n) is 3.12. The first kappa shape index (κ1) is 8.51. The number of aldehydes is 1. The van der Waals surface area contributed by atoms with Crippen LogP contribution in [0.5, 0.6) is 5.75 Å². The highest BCUT2D eigenvalue weighted by molar-refractivity contribution is 5.83. The Morgan fingerprint density at radius 1 is 1.33 bits per heavy atom. The van der Waals surface area contributed by atoms with E-state index in [2.05, 4.69) is 0 Å². The summed E-state index contributed by atoms with van der Waals surface area (Å²) in [5.74, 6) is -0.461.